The topological polar surface area (TPSA) is 61.9 Å². The molecule has 1 saturated carbocycles. The summed E-state index contributed by atoms with van der Waals surface area (Å²) < 4.78 is 5.71. The number of hydrogen-bond acceptors (Lipinski definition) is 4. The van der Waals surface area contributed by atoms with E-state index in [1.807, 2.05) is 36.1 Å². The molecule has 3 fully saturated rings. The zero-order valence-electron chi connectivity index (χ0n) is 17.4. The van der Waals surface area contributed by atoms with Gasteiger partial charge in [0.15, 0.2) is 0 Å². The highest BCUT2D eigenvalue weighted by Gasteiger charge is 2.35. The molecule has 29 heavy (non-hydrogen) atoms. The summed E-state index contributed by atoms with van der Waals surface area (Å²) in [5.41, 5.74) is 2.17. The van der Waals surface area contributed by atoms with Gasteiger partial charge >= 0.3 is 0 Å². The largest absolute Gasteiger partial charge is 0.365 e. The fourth-order valence-electron chi connectivity index (χ4n) is 4.71. The molecule has 0 unspecified atom stereocenters. The van der Waals surface area contributed by atoms with Gasteiger partial charge in [0, 0.05) is 38.3 Å². The second kappa shape index (κ2) is 9.26. The van der Waals surface area contributed by atoms with Crippen molar-refractivity contribution in [1.82, 2.24) is 15.1 Å². The fourth-order valence-corrected chi connectivity index (χ4v) is 4.71. The van der Waals surface area contributed by atoms with E-state index in [0.717, 1.165) is 43.1 Å². The summed E-state index contributed by atoms with van der Waals surface area (Å²) in [6.07, 6.45) is 6.39. The number of piperidine rings is 1. The Morgan fingerprint density at radius 2 is 1.90 bits per heavy atom. The predicted octanol–water partition coefficient (Wildman–Crippen LogP) is 1.90. The van der Waals surface area contributed by atoms with Crippen LogP contribution in [0.25, 0.3) is 0 Å². The Morgan fingerprint density at radius 1 is 1.14 bits per heavy atom. The van der Waals surface area contributed by atoms with E-state index in [2.05, 4.69) is 10.2 Å². The van der Waals surface area contributed by atoms with E-state index in [-0.39, 0.29) is 24.5 Å². The third-order valence-electron chi connectivity index (χ3n) is 6.83. The minimum Gasteiger partial charge on any atom is -0.365 e. The Bertz CT molecular complexity index is 726. The van der Waals surface area contributed by atoms with Crippen molar-refractivity contribution >= 4 is 11.8 Å². The van der Waals surface area contributed by atoms with Gasteiger partial charge in [0.1, 0.15) is 6.61 Å². The highest BCUT2D eigenvalue weighted by molar-refractivity contribution is 5.79. The second-order valence-electron chi connectivity index (χ2n) is 8.74. The van der Waals surface area contributed by atoms with Crippen LogP contribution in [0.2, 0.25) is 0 Å². The SMILES string of the molecule is Cc1ccccc1CC(=O)NC[C@@H]1CN(C2CCN(C3CCC3)CC2)C(=O)CO1. The van der Waals surface area contributed by atoms with Crippen molar-refractivity contribution in [1.29, 1.82) is 0 Å². The summed E-state index contributed by atoms with van der Waals surface area (Å²) in [6.45, 7) is 5.37. The number of rotatable bonds is 6. The first kappa shape index (κ1) is 20.4. The van der Waals surface area contributed by atoms with Crippen LogP contribution in [-0.4, -0.2) is 72.6 Å². The average molecular weight is 400 g/mol. The molecule has 6 heteroatoms. The number of carbonyl (C=O) groups excluding carboxylic acids is 2. The van der Waals surface area contributed by atoms with Crippen LogP contribution in [0.4, 0.5) is 0 Å². The lowest BCUT2D eigenvalue weighted by molar-refractivity contribution is -0.153. The Kier molecular flexibility index (Phi) is 6.50. The van der Waals surface area contributed by atoms with Crippen LogP contribution in [0.5, 0.6) is 0 Å². The number of nitrogens with zero attached hydrogens (tertiary/aromatic N) is 2. The quantitative estimate of drug-likeness (QED) is 0.794. The van der Waals surface area contributed by atoms with Crippen LogP contribution in [0, 0.1) is 6.92 Å². The minimum atomic E-state index is -0.127. The number of ether oxygens (including phenoxy) is 1. The molecule has 0 aromatic heterocycles. The molecule has 1 aromatic carbocycles. The molecular weight excluding hydrogens is 366 g/mol. The molecule has 1 N–H and O–H groups in total. The van der Waals surface area contributed by atoms with Crippen molar-refractivity contribution in [2.45, 2.75) is 63.6 Å². The molecule has 158 valence electrons. The van der Waals surface area contributed by atoms with E-state index in [4.69, 9.17) is 4.74 Å². The Balaban J connectivity index is 1.24. The Labute approximate surface area is 173 Å². The van der Waals surface area contributed by atoms with Crippen LogP contribution < -0.4 is 5.32 Å². The lowest BCUT2D eigenvalue weighted by Crippen LogP contribution is -2.57. The molecule has 1 atom stereocenters. The van der Waals surface area contributed by atoms with Crippen LogP contribution in [0.3, 0.4) is 0 Å². The highest BCUT2D eigenvalue weighted by Crippen LogP contribution is 2.29. The summed E-state index contributed by atoms with van der Waals surface area (Å²) in [5.74, 6) is 0.0923. The molecule has 2 aliphatic heterocycles. The van der Waals surface area contributed by atoms with E-state index in [1.165, 1.54) is 19.3 Å². The van der Waals surface area contributed by atoms with Crippen LogP contribution in [0.15, 0.2) is 24.3 Å². The molecule has 2 heterocycles. The molecule has 0 radical (unpaired) electrons. The number of morpholine rings is 1. The number of aryl methyl sites for hydroxylation is 1. The van der Waals surface area contributed by atoms with Gasteiger partial charge in [0.2, 0.25) is 11.8 Å². The maximum absolute atomic E-state index is 12.4. The Morgan fingerprint density at radius 3 is 2.59 bits per heavy atom. The van der Waals surface area contributed by atoms with Gasteiger partial charge in [-0.05, 0) is 43.7 Å². The normalized spacial score (nSPS) is 24.4. The molecule has 1 aromatic rings. The Hall–Kier alpha value is -1.92. The molecule has 1 aliphatic carbocycles. The number of carbonyl (C=O) groups is 2. The summed E-state index contributed by atoms with van der Waals surface area (Å²) >= 11 is 0. The minimum absolute atomic E-state index is 0.000145. The van der Waals surface area contributed by atoms with Crippen molar-refractivity contribution in [2.24, 2.45) is 0 Å². The van der Waals surface area contributed by atoms with Gasteiger partial charge in [-0.1, -0.05) is 30.7 Å². The van der Waals surface area contributed by atoms with Crippen molar-refractivity contribution < 1.29 is 14.3 Å². The number of amides is 2. The number of likely N-dealkylation sites (tertiary alicyclic amines) is 1. The second-order valence-corrected chi connectivity index (χ2v) is 8.74. The zero-order valence-corrected chi connectivity index (χ0v) is 17.4. The number of hydrogen-bond donors (Lipinski definition) is 1. The molecule has 6 nitrogen and oxygen atoms in total. The van der Waals surface area contributed by atoms with Crippen molar-refractivity contribution in [3.63, 3.8) is 0 Å². The first-order valence-corrected chi connectivity index (χ1v) is 11.1. The molecular formula is C23H33N3O3. The van der Waals surface area contributed by atoms with Gasteiger partial charge in [0.25, 0.3) is 0 Å². The molecule has 3 aliphatic rings. The lowest BCUT2D eigenvalue weighted by Gasteiger charge is -2.45. The first-order chi connectivity index (χ1) is 14.1. The van der Waals surface area contributed by atoms with Crippen LogP contribution >= 0.6 is 0 Å². The lowest BCUT2D eigenvalue weighted by atomic mass is 9.89. The summed E-state index contributed by atoms with van der Waals surface area (Å²) in [6, 6.07) is 9.05. The maximum atomic E-state index is 12.4. The van der Waals surface area contributed by atoms with Gasteiger partial charge in [-0.3, -0.25) is 9.59 Å². The van der Waals surface area contributed by atoms with Crippen molar-refractivity contribution in [3.05, 3.63) is 35.4 Å². The number of benzene rings is 1. The molecule has 2 amide bonds. The standard InChI is InChI=1S/C23H33N3O3/c1-17-5-2-3-6-18(17)13-22(27)24-14-21-15-26(23(28)16-29-21)20-9-11-25(12-10-20)19-7-4-8-19/h2-3,5-6,19-21H,4,7-16H2,1H3,(H,24,27)/t21-/m1/s1. The van der Waals surface area contributed by atoms with Crippen molar-refractivity contribution in [3.8, 4) is 0 Å². The zero-order chi connectivity index (χ0) is 20.2. The average Bonchev–Trinajstić information content (AvgIpc) is 2.68. The van der Waals surface area contributed by atoms with Gasteiger partial charge in [0.05, 0.1) is 12.5 Å². The van der Waals surface area contributed by atoms with E-state index >= 15 is 0 Å². The van der Waals surface area contributed by atoms with E-state index in [0.29, 0.717) is 25.6 Å². The van der Waals surface area contributed by atoms with E-state index in [1.54, 1.807) is 0 Å². The van der Waals surface area contributed by atoms with Gasteiger partial charge in [-0.2, -0.15) is 0 Å². The predicted molar refractivity (Wildman–Crippen MR) is 112 cm³/mol. The smallest absolute Gasteiger partial charge is 0.248 e. The fraction of sp³-hybridized carbons (Fsp3) is 0.652. The maximum Gasteiger partial charge on any atom is 0.248 e. The first-order valence-electron chi connectivity index (χ1n) is 11.1. The summed E-state index contributed by atoms with van der Waals surface area (Å²) in [7, 11) is 0. The van der Waals surface area contributed by atoms with Crippen LogP contribution in [-0.2, 0) is 20.7 Å². The van der Waals surface area contributed by atoms with E-state index in [9.17, 15) is 9.59 Å². The van der Waals surface area contributed by atoms with Gasteiger partial charge in [-0.25, -0.2) is 0 Å². The van der Waals surface area contributed by atoms with Gasteiger partial charge < -0.3 is 19.9 Å². The molecule has 0 spiro atoms. The molecule has 2 saturated heterocycles. The molecule has 0 bridgehead atoms. The third kappa shape index (κ3) is 4.98. The summed E-state index contributed by atoms with van der Waals surface area (Å²) in [4.78, 5) is 29.4. The summed E-state index contributed by atoms with van der Waals surface area (Å²) in [5, 5.41) is 2.99. The van der Waals surface area contributed by atoms with Crippen molar-refractivity contribution in [2.75, 3.05) is 32.8 Å². The van der Waals surface area contributed by atoms with E-state index < -0.39 is 0 Å². The molecule has 4 rings (SSSR count). The number of nitrogens with one attached hydrogen (secondary N) is 1. The van der Waals surface area contributed by atoms with Crippen LogP contribution in [0.1, 0.15) is 43.2 Å². The third-order valence-corrected chi connectivity index (χ3v) is 6.83. The monoisotopic (exact) mass is 399 g/mol. The highest BCUT2D eigenvalue weighted by atomic mass is 16.5. The van der Waals surface area contributed by atoms with Gasteiger partial charge in [-0.15, -0.1) is 0 Å².